The van der Waals surface area contributed by atoms with Crippen molar-refractivity contribution < 1.29 is 9.47 Å². The van der Waals surface area contributed by atoms with Gasteiger partial charge in [0.05, 0.1) is 11.0 Å². The Balaban J connectivity index is 1.53. The van der Waals surface area contributed by atoms with Gasteiger partial charge in [-0.2, -0.15) is 0 Å². The summed E-state index contributed by atoms with van der Waals surface area (Å²) in [6, 6.07) is 28.4. The van der Waals surface area contributed by atoms with Crippen LogP contribution in [0.4, 0.5) is 0 Å². The van der Waals surface area contributed by atoms with Gasteiger partial charge in [0.25, 0.3) is 0 Å². The minimum atomic E-state index is -0.313. The van der Waals surface area contributed by atoms with Gasteiger partial charge >= 0.3 is 0 Å². The van der Waals surface area contributed by atoms with Crippen LogP contribution >= 0.6 is 0 Å². The number of para-hydroxylation sites is 3. The first kappa shape index (κ1) is 17.7. The molecular formula is C26H19N3O2. The van der Waals surface area contributed by atoms with Crippen LogP contribution in [0, 0.1) is 0 Å². The predicted molar refractivity (Wildman–Crippen MR) is 120 cm³/mol. The number of nitrogens with zero attached hydrogens (tertiary/aromatic N) is 3. The molecule has 1 aliphatic heterocycles. The molecule has 5 nitrogen and oxygen atoms in total. The summed E-state index contributed by atoms with van der Waals surface area (Å²) in [4.78, 5) is 9.10. The molecule has 5 heteroatoms. The molecule has 0 bridgehead atoms. The molecule has 6 rings (SSSR count). The zero-order chi connectivity index (χ0) is 20.6. The second-order valence-electron chi connectivity index (χ2n) is 7.44. The van der Waals surface area contributed by atoms with E-state index in [4.69, 9.17) is 14.5 Å². The number of benzene rings is 3. The Bertz CT molecular complexity index is 1360. The molecule has 3 heterocycles. The van der Waals surface area contributed by atoms with Gasteiger partial charge < -0.3 is 9.47 Å². The first-order valence-electron chi connectivity index (χ1n) is 10.2. The Morgan fingerprint density at radius 1 is 0.774 bits per heavy atom. The third-order valence-corrected chi connectivity index (χ3v) is 5.51. The number of hydrogen-bond acceptors (Lipinski definition) is 4. The second kappa shape index (κ2) is 7.29. The van der Waals surface area contributed by atoms with Gasteiger partial charge in [-0.1, -0.05) is 36.4 Å². The van der Waals surface area contributed by atoms with Gasteiger partial charge in [-0.05, 0) is 59.7 Å². The second-order valence-corrected chi connectivity index (χ2v) is 7.44. The SMILES string of the molecule is c1ccc(-n2c(C3COc4ccccc4O3)nc3ccc(-c4ccncc4)cc32)cc1. The van der Waals surface area contributed by atoms with E-state index >= 15 is 0 Å². The van der Waals surface area contributed by atoms with Crippen LogP contribution in [0.1, 0.15) is 11.9 Å². The van der Waals surface area contributed by atoms with E-state index in [0.29, 0.717) is 6.61 Å². The van der Waals surface area contributed by atoms with Crippen LogP contribution in [-0.4, -0.2) is 21.1 Å². The molecule has 1 unspecified atom stereocenters. The van der Waals surface area contributed by atoms with Gasteiger partial charge in [0.2, 0.25) is 0 Å². The molecule has 150 valence electrons. The van der Waals surface area contributed by atoms with E-state index in [2.05, 4.69) is 39.9 Å². The van der Waals surface area contributed by atoms with Gasteiger partial charge in [-0.15, -0.1) is 0 Å². The summed E-state index contributed by atoms with van der Waals surface area (Å²) >= 11 is 0. The smallest absolute Gasteiger partial charge is 0.190 e. The van der Waals surface area contributed by atoms with E-state index in [-0.39, 0.29) is 6.10 Å². The van der Waals surface area contributed by atoms with Crippen molar-refractivity contribution in [3.05, 3.63) is 103 Å². The zero-order valence-electron chi connectivity index (χ0n) is 16.7. The largest absolute Gasteiger partial charge is 0.485 e. The molecule has 0 fully saturated rings. The monoisotopic (exact) mass is 405 g/mol. The van der Waals surface area contributed by atoms with Crippen molar-refractivity contribution in [3.8, 4) is 28.3 Å². The van der Waals surface area contributed by atoms with E-state index < -0.39 is 0 Å². The topological polar surface area (TPSA) is 49.2 Å². The van der Waals surface area contributed by atoms with Crippen LogP contribution in [0.15, 0.2) is 97.3 Å². The molecule has 0 radical (unpaired) electrons. The van der Waals surface area contributed by atoms with Crippen molar-refractivity contribution in [2.75, 3.05) is 6.61 Å². The molecule has 2 aromatic heterocycles. The summed E-state index contributed by atoms with van der Waals surface area (Å²) in [7, 11) is 0. The van der Waals surface area contributed by atoms with E-state index in [1.807, 2.05) is 67.0 Å². The fourth-order valence-electron chi connectivity index (χ4n) is 4.03. The summed E-state index contributed by atoms with van der Waals surface area (Å²) in [5, 5.41) is 0. The summed E-state index contributed by atoms with van der Waals surface area (Å²) in [6.45, 7) is 0.407. The molecule has 31 heavy (non-hydrogen) atoms. The Morgan fingerprint density at radius 3 is 2.39 bits per heavy atom. The lowest BCUT2D eigenvalue weighted by Gasteiger charge is -2.26. The standard InChI is InChI=1S/C26H19N3O2/c1-2-6-20(7-3-1)29-22-16-19(18-12-14-27-15-13-18)10-11-21(22)28-26(29)25-17-30-23-8-4-5-9-24(23)31-25/h1-16,25H,17H2. The predicted octanol–water partition coefficient (Wildman–Crippen LogP) is 5.60. The number of rotatable bonds is 3. The highest BCUT2D eigenvalue weighted by Gasteiger charge is 2.28. The number of aromatic nitrogens is 3. The van der Waals surface area contributed by atoms with Crippen molar-refractivity contribution in [1.82, 2.24) is 14.5 Å². The Kier molecular flexibility index (Phi) is 4.17. The van der Waals surface area contributed by atoms with E-state index in [0.717, 1.165) is 45.2 Å². The molecule has 1 aliphatic rings. The first-order valence-corrected chi connectivity index (χ1v) is 10.2. The van der Waals surface area contributed by atoms with Crippen molar-refractivity contribution in [2.45, 2.75) is 6.10 Å². The molecule has 0 aliphatic carbocycles. The fraction of sp³-hybridized carbons (Fsp3) is 0.0769. The fourth-order valence-corrected chi connectivity index (χ4v) is 4.03. The van der Waals surface area contributed by atoms with E-state index in [1.165, 1.54) is 0 Å². The summed E-state index contributed by atoms with van der Waals surface area (Å²) in [6.07, 6.45) is 3.31. The maximum Gasteiger partial charge on any atom is 0.190 e. The van der Waals surface area contributed by atoms with E-state index in [1.54, 1.807) is 0 Å². The average Bonchev–Trinajstić information content (AvgIpc) is 3.23. The molecule has 0 N–H and O–H groups in total. The lowest BCUT2D eigenvalue weighted by molar-refractivity contribution is 0.0844. The molecular weight excluding hydrogens is 386 g/mol. The summed E-state index contributed by atoms with van der Waals surface area (Å²) in [5.41, 5.74) is 5.21. The minimum absolute atomic E-state index is 0.313. The van der Waals surface area contributed by atoms with E-state index in [9.17, 15) is 0 Å². The van der Waals surface area contributed by atoms with Crippen LogP contribution in [0.2, 0.25) is 0 Å². The first-order chi connectivity index (χ1) is 15.4. The van der Waals surface area contributed by atoms with Gasteiger partial charge in [0.1, 0.15) is 6.61 Å². The Morgan fingerprint density at radius 2 is 1.55 bits per heavy atom. The highest BCUT2D eigenvalue weighted by molar-refractivity contribution is 5.84. The lowest BCUT2D eigenvalue weighted by Crippen LogP contribution is -2.24. The van der Waals surface area contributed by atoms with Gasteiger partial charge in [0, 0.05) is 18.1 Å². The molecule has 3 aromatic carbocycles. The highest BCUT2D eigenvalue weighted by Crippen LogP contribution is 2.37. The molecule has 5 aromatic rings. The third-order valence-electron chi connectivity index (χ3n) is 5.51. The average molecular weight is 405 g/mol. The van der Waals surface area contributed by atoms with Crippen LogP contribution < -0.4 is 9.47 Å². The molecule has 1 atom stereocenters. The van der Waals surface area contributed by atoms with Gasteiger partial charge in [-0.25, -0.2) is 4.98 Å². The highest BCUT2D eigenvalue weighted by atomic mass is 16.6. The van der Waals surface area contributed by atoms with Crippen molar-refractivity contribution in [1.29, 1.82) is 0 Å². The van der Waals surface area contributed by atoms with Crippen molar-refractivity contribution >= 4 is 11.0 Å². The summed E-state index contributed by atoms with van der Waals surface area (Å²) < 4.78 is 14.5. The number of ether oxygens (including phenoxy) is 2. The maximum atomic E-state index is 6.31. The summed E-state index contributed by atoms with van der Waals surface area (Å²) in [5.74, 6) is 2.33. The maximum absolute atomic E-state index is 6.31. The normalized spacial score (nSPS) is 15.2. The van der Waals surface area contributed by atoms with Crippen molar-refractivity contribution in [2.24, 2.45) is 0 Å². The Labute approximate surface area is 179 Å². The number of pyridine rings is 1. The molecule has 0 spiro atoms. The molecule has 0 amide bonds. The number of hydrogen-bond donors (Lipinski definition) is 0. The van der Waals surface area contributed by atoms with Crippen LogP contribution in [0.3, 0.4) is 0 Å². The van der Waals surface area contributed by atoms with Crippen molar-refractivity contribution in [3.63, 3.8) is 0 Å². The number of imidazole rings is 1. The van der Waals surface area contributed by atoms with Gasteiger partial charge in [-0.3, -0.25) is 9.55 Å². The Hall–Kier alpha value is -4.12. The quantitative estimate of drug-likeness (QED) is 0.392. The van der Waals surface area contributed by atoms with Crippen LogP contribution in [0.5, 0.6) is 11.5 Å². The third kappa shape index (κ3) is 3.11. The zero-order valence-corrected chi connectivity index (χ0v) is 16.7. The minimum Gasteiger partial charge on any atom is -0.485 e. The van der Waals surface area contributed by atoms with Gasteiger partial charge in [0.15, 0.2) is 23.4 Å². The number of fused-ring (bicyclic) bond motifs is 2. The molecule has 0 saturated heterocycles. The molecule has 0 saturated carbocycles. The lowest BCUT2D eigenvalue weighted by atomic mass is 10.1. The van der Waals surface area contributed by atoms with Crippen LogP contribution in [0.25, 0.3) is 27.8 Å². The van der Waals surface area contributed by atoms with Crippen LogP contribution in [-0.2, 0) is 0 Å².